The molecular weight excluding hydrogens is 316 g/mol. The van der Waals surface area contributed by atoms with Crippen LogP contribution in [0, 0.1) is 0 Å². The van der Waals surface area contributed by atoms with E-state index >= 15 is 0 Å². The highest BCUT2D eigenvalue weighted by Gasteiger charge is 2.18. The van der Waals surface area contributed by atoms with Crippen molar-refractivity contribution in [3.63, 3.8) is 0 Å². The van der Waals surface area contributed by atoms with Crippen molar-refractivity contribution in [2.75, 3.05) is 0 Å². The lowest BCUT2D eigenvalue weighted by Crippen LogP contribution is -2.46. The van der Waals surface area contributed by atoms with Crippen molar-refractivity contribution in [2.24, 2.45) is 0 Å². The molecule has 1 aromatic carbocycles. The smallest absolute Gasteiger partial charge is 0.237 e. The molecule has 0 spiro atoms. The molecule has 2 atom stereocenters. The molecule has 0 radical (unpaired) electrons. The van der Waals surface area contributed by atoms with Crippen LogP contribution in [0.1, 0.15) is 52.1 Å². The summed E-state index contributed by atoms with van der Waals surface area (Å²) in [5.41, 5.74) is 1.18. The monoisotopic (exact) mass is 340 g/mol. The van der Waals surface area contributed by atoms with E-state index in [1.807, 2.05) is 19.1 Å². The SMILES string of the molecule is CCC(CC)NC(=O)C(C)N[C@@H](C)c1ccc(Br)cc1. The van der Waals surface area contributed by atoms with Gasteiger partial charge in [-0.1, -0.05) is 41.9 Å². The van der Waals surface area contributed by atoms with Crippen molar-refractivity contribution in [1.82, 2.24) is 10.6 Å². The second-order valence-corrected chi connectivity index (χ2v) is 6.10. The molecule has 112 valence electrons. The zero-order valence-electron chi connectivity index (χ0n) is 12.7. The molecule has 0 heterocycles. The quantitative estimate of drug-likeness (QED) is 0.792. The Balaban J connectivity index is 2.54. The molecule has 1 unspecified atom stereocenters. The van der Waals surface area contributed by atoms with Gasteiger partial charge in [-0.05, 0) is 44.4 Å². The van der Waals surface area contributed by atoms with Crippen LogP contribution >= 0.6 is 15.9 Å². The standard InChI is InChI=1S/C16H25BrN2O/c1-5-15(6-2)19-16(20)12(4)18-11(3)13-7-9-14(17)10-8-13/h7-12,15,18H,5-6H2,1-4H3,(H,19,20)/t11-,12?/m0/s1. The number of benzene rings is 1. The van der Waals surface area contributed by atoms with E-state index in [2.05, 4.69) is 59.5 Å². The highest BCUT2D eigenvalue weighted by molar-refractivity contribution is 9.10. The van der Waals surface area contributed by atoms with Crippen molar-refractivity contribution in [3.8, 4) is 0 Å². The minimum absolute atomic E-state index is 0.0719. The molecule has 1 amide bonds. The molecule has 0 aliphatic rings. The molecule has 4 heteroatoms. The number of carbonyl (C=O) groups is 1. The zero-order valence-corrected chi connectivity index (χ0v) is 14.3. The Kier molecular flexibility index (Phi) is 7.24. The first kappa shape index (κ1) is 17.2. The Morgan fingerprint density at radius 2 is 1.70 bits per heavy atom. The summed E-state index contributed by atoms with van der Waals surface area (Å²) < 4.78 is 1.06. The summed E-state index contributed by atoms with van der Waals surface area (Å²) in [5.74, 6) is 0.0719. The topological polar surface area (TPSA) is 41.1 Å². The largest absolute Gasteiger partial charge is 0.352 e. The van der Waals surface area contributed by atoms with Crippen LogP contribution in [-0.4, -0.2) is 18.0 Å². The predicted octanol–water partition coefficient (Wildman–Crippen LogP) is 3.79. The number of amides is 1. The van der Waals surface area contributed by atoms with Gasteiger partial charge in [-0.15, -0.1) is 0 Å². The fourth-order valence-electron chi connectivity index (χ4n) is 2.12. The Bertz CT molecular complexity index is 415. The highest BCUT2D eigenvalue weighted by atomic mass is 79.9. The zero-order chi connectivity index (χ0) is 15.1. The third-order valence-corrected chi connectivity index (χ3v) is 4.12. The van der Waals surface area contributed by atoms with Crippen LogP contribution in [0.4, 0.5) is 0 Å². The van der Waals surface area contributed by atoms with E-state index in [4.69, 9.17) is 0 Å². The molecule has 1 aromatic rings. The first-order valence-corrected chi connectivity index (χ1v) is 8.09. The number of hydrogen-bond donors (Lipinski definition) is 2. The molecule has 0 bridgehead atoms. The summed E-state index contributed by atoms with van der Waals surface area (Å²) in [7, 11) is 0. The van der Waals surface area contributed by atoms with Crippen molar-refractivity contribution < 1.29 is 4.79 Å². The normalized spacial score (nSPS) is 14.1. The lowest BCUT2D eigenvalue weighted by atomic mass is 10.1. The maximum Gasteiger partial charge on any atom is 0.237 e. The van der Waals surface area contributed by atoms with E-state index in [-0.39, 0.29) is 24.0 Å². The van der Waals surface area contributed by atoms with Crippen molar-refractivity contribution in [3.05, 3.63) is 34.3 Å². The van der Waals surface area contributed by atoms with Gasteiger partial charge in [0.2, 0.25) is 5.91 Å². The van der Waals surface area contributed by atoms with E-state index in [0.29, 0.717) is 0 Å². The average molecular weight is 341 g/mol. The highest BCUT2D eigenvalue weighted by Crippen LogP contribution is 2.17. The second-order valence-electron chi connectivity index (χ2n) is 5.18. The predicted molar refractivity (Wildman–Crippen MR) is 87.7 cm³/mol. The van der Waals surface area contributed by atoms with Crippen molar-refractivity contribution in [2.45, 2.75) is 58.7 Å². The van der Waals surface area contributed by atoms with Crippen LogP contribution in [0.25, 0.3) is 0 Å². The first-order valence-electron chi connectivity index (χ1n) is 7.29. The van der Waals surface area contributed by atoms with E-state index < -0.39 is 0 Å². The lowest BCUT2D eigenvalue weighted by molar-refractivity contribution is -0.123. The van der Waals surface area contributed by atoms with Crippen LogP contribution in [-0.2, 0) is 4.79 Å². The Morgan fingerprint density at radius 3 is 2.20 bits per heavy atom. The first-order chi connectivity index (χ1) is 9.47. The molecule has 20 heavy (non-hydrogen) atoms. The Labute approximate surface area is 130 Å². The minimum atomic E-state index is -0.200. The number of carbonyl (C=O) groups excluding carboxylic acids is 1. The van der Waals surface area contributed by atoms with Gasteiger partial charge in [-0.2, -0.15) is 0 Å². The van der Waals surface area contributed by atoms with Gasteiger partial charge in [0.1, 0.15) is 0 Å². The van der Waals surface area contributed by atoms with E-state index in [9.17, 15) is 4.79 Å². The average Bonchev–Trinajstić information content (AvgIpc) is 2.44. The lowest BCUT2D eigenvalue weighted by Gasteiger charge is -2.22. The third kappa shape index (κ3) is 5.25. The van der Waals surface area contributed by atoms with Gasteiger partial charge in [0.05, 0.1) is 6.04 Å². The van der Waals surface area contributed by atoms with Gasteiger partial charge >= 0.3 is 0 Å². The van der Waals surface area contributed by atoms with E-state index in [1.165, 1.54) is 5.56 Å². The summed E-state index contributed by atoms with van der Waals surface area (Å²) in [5, 5.41) is 6.41. The summed E-state index contributed by atoms with van der Waals surface area (Å²) in [4.78, 5) is 12.1. The second kappa shape index (κ2) is 8.42. The molecule has 2 N–H and O–H groups in total. The number of rotatable bonds is 7. The molecular formula is C16H25BrN2O. The molecule has 0 fully saturated rings. The number of nitrogens with one attached hydrogen (secondary N) is 2. The third-order valence-electron chi connectivity index (χ3n) is 3.60. The fraction of sp³-hybridized carbons (Fsp3) is 0.562. The van der Waals surface area contributed by atoms with Gasteiger partial charge < -0.3 is 5.32 Å². The molecule has 0 aliphatic heterocycles. The Hall–Kier alpha value is -0.870. The van der Waals surface area contributed by atoms with Crippen LogP contribution < -0.4 is 10.6 Å². The summed E-state index contributed by atoms with van der Waals surface area (Å²) in [6.45, 7) is 8.17. The molecule has 0 aromatic heterocycles. The number of halogens is 1. The van der Waals surface area contributed by atoms with Gasteiger partial charge in [0, 0.05) is 16.6 Å². The van der Waals surface area contributed by atoms with Crippen molar-refractivity contribution in [1.29, 1.82) is 0 Å². The van der Waals surface area contributed by atoms with Gasteiger partial charge in [0.25, 0.3) is 0 Å². The van der Waals surface area contributed by atoms with Crippen LogP contribution in [0.3, 0.4) is 0 Å². The maximum absolute atomic E-state index is 12.1. The summed E-state index contributed by atoms with van der Waals surface area (Å²) in [6, 6.07) is 8.38. The molecule has 1 rings (SSSR count). The molecule has 0 aliphatic carbocycles. The van der Waals surface area contributed by atoms with E-state index in [1.54, 1.807) is 0 Å². The van der Waals surface area contributed by atoms with Crippen LogP contribution in [0.5, 0.6) is 0 Å². The molecule has 3 nitrogen and oxygen atoms in total. The van der Waals surface area contributed by atoms with Crippen LogP contribution in [0.2, 0.25) is 0 Å². The molecule has 0 saturated carbocycles. The molecule has 0 saturated heterocycles. The Morgan fingerprint density at radius 1 is 1.15 bits per heavy atom. The van der Waals surface area contributed by atoms with Gasteiger partial charge in [-0.25, -0.2) is 0 Å². The van der Waals surface area contributed by atoms with Crippen molar-refractivity contribution >= 4 is 21.8 Å². The van der Waals surface area contributed by atoms with Crippen LogP contribution in [0.15, 0.2) is 28.7 Å². The van der Waals surface area contributed by atoms with Gasteiger partial charge in [-0.3, -0.25) is 10.1 Å². The summed E-state index contributed by atoms with van der Waals surface area (Å²) in [6.07, 6.45) is 1.94. The number of hydrogen-bond acceptors (Lipinski definition) is 2. The minimum Gasteiger partial charge on any atom is -0.352 e. The fourth-order valence-corrected chi connectivity index (χ4v) is 2.38. The van der Waals surface area contributed by atoms with E-state index in [0.717, 1.165) is 17.3 Å². The summed E-state index contributed by atoms with van der Waals surface area (Å²) >= 11 is 3.43. The maximum atomic E-state index is 12.1. The van der Waals surface area contributed by atoms with Gasteiger partial charge in [0.15, 0.2) is 0 Å².